The number of hydrogen-bond acceptors (Lipinski definition) is 6. The van der Waals surface area contributed by atoms with Crippen molar-refractivity contribution in [2.45, 2.75) is 31.9 Å². The van der Waals surface area contributed by atoms with Crippen molar-refractivity contribution in [1.29, 1.82) is 0 Å². The van der Waals surface area contributed by atoms with E-state index in [2.05, 4.69) is 29.4 Å². The highest BCUT2D eigenvalue weighted by Crippen LogP contribution is 2.23. The van der Waals surface area contributed by atoms with Crippen molar-refractivity contribution < 1.29 is 23.8 Å². The van der Waals surface area contributed by atoms with Crippen LogP contribution in [-0.4, -0.2) is 40.2 Å². The van der Waals surface area contributed by atoms with Gasteiger partial charge in [0.2, 0.25) is 5.91 Å². The fourth-order valence-corrected chi connectivity index (χ4v) is 2.96. The number of carbonyl (C=O) groups excluding carboxylic acids is 1. The minimum Gasteiger partial charge on any atom is -0.493 e. The van der Waals surface area contributed by atoms with Crippen LogP contribution in [0.3, 0.4) is 0 Å². The van der Waals surface area contributed by atoms with Crippen molar-refractivity contribution in [3.63, 3.8) is 0 Å². The summed E-state index contributed by atoms with van der Waals surface area (Å²) in [7, 11) is 0. The second-order valence-electron chi connectivity index (χ2n) is 6.06. The lowest BCUT2D eigenvalue weighted by atomic mass is 10.1. The third kappa shape index (κ3) is 6.14. The molecule has 1 fully saturated rings. The Morgan fingerprint density at radius 3 is 2.96 bits per heavy atom. The van der Waals surface area contributed by atoms with E-state index in [1.165, 1.54) is 24.4 Å². The highest BCUT2D eigenvalue weighted by molar-refractivity contribution is 8.15. The first-order valence-corrected chi connectivity index (χ1v) is 8.96. The van der Waals surface area contributed by atoms with E-state index in [4.69, 9.17) is 9.84 Å². The molecular weight excluding hydrogens is 361 g/mol. The second-order valence-corrected chi connectivity index (χ2v) is 7.25. The molecule has 1 saturated heterocycles. The molecule has 2 rings (SSSR count). The van der Waals surface area contributed by atoms with Crippen LogP contribution < -0.4 is 10.1 Å². The normalized spacial score (nSPS) is 18.7. The number of amides is 1. The van der Waals surface area contributed by atoms with Gasteiger partial charge in [-0.25, -0.2) is 4.39 Å². The Labute approximate surface area is 154 Å². The summed E-state index contributed by atoms with van der Waals surface area (Å²) < 4.78 is 19.1. The maximum atomic E-state index is 13.5. The molecule has 0 aromatic heterocycles. The summed E-state index contributed by atoms with van der Waals surface area (Å²) in [6, 6.07) is 4.11. The van der Waals surface area contributed by atoms with Gasteiger partial charge in [0.1, 0.15) is 16.8 Å². The topological polar surface area (TPSA) is 100 Å². The molecule has 1 unspecified atom stereocenters. The number of carboxylic acid groups (broad SMARTS) is 1. The molecule has 1 heterocycles. The smallest absolute Gasteiger partial charge is 0.305 e. The SMILES string of the molecule is CC(C)CCOc1ccc(F)cc1C=NN=C1NC(=O)C(CC(=O)O)S1. The van der Waals surface area contributed by atoms with Crippen molar-refractivity contribution in [3.8, 4) is 5.75 Å². The molecule has 0 bridgehead atoms. The molecule has 1 amide bonds. The van der Waals surface area contributed by atoms with Crippen LogP contribution in [0.1, 0.15) is 32.3 Å². The van der Waals surface area contributed by atoms with Gasteiger partial charge in [0, 0.05) is 5.56 Å². The van der Waals surface area contributed by atoms with Crippen LogP contribution in [0.5, 0.6) is 5.75 Å². The first-order chi connectivity index (χ1) is 12.3. The molecule has 1 aromatic rings. The van der Waals surface area contributed by atoms with Crippen LogP contribution in [0, 0.1) is 11.7 Å². The third-order valence-electron chi connectivity index (χ3n) is 3.41. The zero-order chi connectivity index (χ0) is 19.1. The van der Waals surface area contributed by atoms with Crippen LogP contribution in [0.25, 0.3) is 0 Å². The Kier molecular flexibility index (Phi) is 7.14. The van der Waals surface area contributed by atoms with Crippen molar-refractivity contribution >= 4 is 35.0 Å². The summed E-state index contributed by atoms with van der Waals surface area (Å²) in [5.74, 6) is -0.941. The molecular formula is C17H20FN3O4S. The number of aliphatic carboxylic acids is 1. The van der Waals surface area contributed by atoms with Gasteiger partial charge in [-0.1, -0.05) is 25.6 Å². The number of hydrogen-bond donors (Lipinski definition) is 2. The summed E-state index contributed by atoms with van der Waals surface area (Å²) >= 11 is 0.996. The average molecular weight is 381 g/mol. The number of benzene rings is 1. The fraction of sp³-hybridized carbons (Fsp3) is 0.412. The first-order valence-electron chi connectivity index (χ1n) is 8.08. The molecule has 0 aliphatic carbocycles. The van der Waals surface area contributed by atoms with E-state index in [-0.39, 0.29) is 11.6 Å². The van der Waals surface area contributed by atoms with Crippen molar-refractivity contribution in [2.24, 2.45) is 16.1 Å². The predicted molar refractivity (Wildman–Crippen MR) is 98.2 cm³/mol. The van der Waals surface area contributed by atoms with E-state index < -0.39 is 22.9 Å². The number of nitrogens with zero attached hydrogens (tertiary/aromatic N) is 2. The lowest BCUT2D eigenvalue weighted by molar-refractivity contribution is -0.138. The lowest BCUT2D eigenvalue weighted by Crippen LogP contribution is -2.26. The third-order valence-corrected chi connectivity index (χ3v) is 4.48. The van der Waals surface area contributed by atoms with Crippen LogP contribution in [0.4, 0.5) is 4.39 Å². The summed E-state index contributed by atoms with van der Waals surface area (Å²) in [5, 5.41) is 18.4. The summed E-state index contributed by atoms with van der Waals surface area (Å²) in [6.45, 7) is 4.66. The summed E-state index contributed by atoms with van der Waals surface area (Å²) in [6.07, 6.45) is 1.90. The number of ether oxygens (including phenoxy) is 1. The molecule has 1 aliphatic rings. The van der Waals surface area contributed by atoms with Crippen molar-refractivity contribution in [1.82, 2.24) is 5.32 Å². The minimum atomic E-state index is -1.06. The van der Waals surface area contributed by atoms with Crippen LogP contribution >= 0.6 is 11.8 Å². The summed E-state index contributed by atoms with van der Waals surface area (Å²) in [5.41, 5.74) is 0.425. The zero-order valence-corrected chi connectivity index (χ0v) is 15.3. The van der Waals surface area contributed by atoms with Gasteiger partial charge < -0.3 is 15.2 Å². The van der Waals surface area contributed by atoms with E-state index in [0.29, 0.717) is 23.8 Å². The Morgan fingerprint density at radius 1 is 1.50 bits per heavy atom. The van der Waals surface area contributed by atoms with Gasteiger partial charge in [-0.15, -0.1) is 5.10 Å². The standard InChI is InChI=1S/C17H20FN3O4S/c1-10(2)5-6-25-13-4-3-12(18)7-11(13)9-19-21-17-20-16(24)14(26-17)8-15(22)23/h3-4,7,9-10,14H,5-6,8H2,1-2H3,(H,22,23)(H,20,21,24). The molecule has 1 atom stereocenters. The second kappa shape index (κ2) is 9.33. The Balaban J connectivity index is 2.04. The average Bonchev–Trinajstić information content (AvgIpc) is 2.88. The minimum absolute atomic E-state index is 0.205. The molecule has 0 radical (unpaired) electrons. The molecule has 1 aliphatic heterocycles. The maximum absolute atomic E-state index is 13.5. The van der Waals surface area contributed by atoms with Gasteiger partial charge in [-0.3, -0.25) is 9.59 Å². The fourth-order valence-electron chi connectivity index (χ4n) is 2.04. The number of amidine groups is 1. The quantitative estimate of drug-likeness (QED) is 0.533. The highest BCUT2D eigenvalue weighted by atomic mass is 32.2. The molecule has 140 valence electrons. The van der Waals surface area contributed by atoms with Gasteiger partial charge in [-0.2, -0.15) is 5.10 Å². The first kappa shape index (κ1) is 19.9. The van der Waals surface area contributed by atoms with E-state index in [1.54, 1.807) is 0 Å². The van der Waals surface area contributed by atoms with E-state index in [1.807, 2.05) is 0 Å². The lowest BCUT2D eigenvalue weighted by Gasteiger charge is -2.10. The van der Waals surface area contributed by atoms with Crippen LogP contribution in [-0.2, 0) is 9.59 Å². The number of rotatable bonds is 8. The molecule has 0 saturated carbocycles. The predicted octanol–water partition coefficient (Wildman–Crippen LogP) is 2.65. The largest absolute Gasteiger partial charge is 0.493 e. The molecule has 1 aromatic carbocycles. The zero-order valence-electron chi connectivity index (χ0n) is 14.4. The van der Waals surface area contributed by atoms with Gasteiger partial charge in [0.25, 0.3) is 0 Å². The number of nitrogens with one attached hydrogen (secondary N) is 1. The molecule has 7 nitrogen and oxygen atoms in total. The van der Waals surface area contributed by atoms with Crippen molar-refractivity contribution in [3.05, 3.63) is 29.6 Å². The van der Waals surface area contributed by atoms with E-state index in [9.17, 15) is 14.0 Å². The van der Waals surface area contributed by atoms with Crippen molar-refractivity contribution in [2.75, 3.05) is 6.61 Å². The van der Waals surface area contributed by atoms with Crippen LogP contribution in [0.2, 0.25) is 0 Å². The Hall–Kier alpha value is -2.42. The number of thioether (sulfide) groups is 1. The molecule has 26 heavy (non-hydrogen) atoms. The molecule has 2 N–H and O–H groups in total. The Morgan fingerprint density at radius 2 is 2.27 bits per heavy atom. The van der Waals surface area contributed by atoms with Gasteiger partial charge in [0.15, 0.2) is 5.17 Å². The Bertz CT molecular complexity index is 737. The van der Waals surface area contributed by atoms with Crippen LogP contribution in [0.15, 0.2) is 28.4 Å². The number of carboxylic acids is 1. The summed E-state index contributed by atoms with van der Waals surface area (Å²) in [4.78, 5) is 22.3. The molecule has 9 heteroatoms. The maximum Gasteiger partial charge on any atom is 0.305 e. The highest BCUT2D eigenvalue weighted by Gasteiger charge is 2.32. The van der Waals surface area contributed by atoms with E-state index in [0.717, 1.165) is 18.2 Å². The number of halogens is 1. The monoisotopic (exact) mass is 381 g/mol. The van der Waals surface area contributed by atoms with Gasteiger partial charge >= 0.3 is 5.97 Å². The van der Waals surface area contributed by atoms with E-state index >= 15 is 0 Å². The number of carbonyl (C=O) groups is 2. The van der Waals surface area contributed by atoms with Gasteiger partial charge in [0.05, 0.1) is 19.2 Å². The molecule has 0 spiro atoms. The van der Waals surface area contributed by atoms with Gasteiger partial charge in [-0.05, 0) is 30.5 Å².